The minimum Gasteiger partial charge on any atom is -0.294 e. The van der Waals surface area contributed by atoms with Crippen molar-refractivity contribution >= 4 is 21.7 Å². The summed E-state index contributed by atoms with van der Waals surface area (Å²) in [4.78, 5) is 11.8. The van der Waals surface area contributed by atoms with Crippen LogP contribution in [0, 0.1) is 19.3 Å². The number of halogens is 1. The second-order valence-corrected chi connectivity index (χ2v) is 4.21. The van der Waals surface area contributed by atoms with Crippen LogP contribution >= 0.6 is 15.9 Å². The average molecular weight is 265 g/mol. The molecule has 0 spiro atoms. The Bertz CT molecular complexity index is 401. The number of unbranched alkanes of at least 4 members (excludes halogenated alkanes) is 1. The van der Waals surface area contributed by atoms with Crippen molar-refractivity contribution in [2.75, 3.05) is 0 Å². The fraction of sp³-hybridized carbons (Fsp3) is 0.308. The van der Waals surface area contributed by atoms with Crippen molar-refractivity contribution in [2.45, 2.75) is 26.2 Å². The maximum atomic E-state index is 11.8. The highest BCUT2D eigenvalue weighted by Crippen LogP contribution is 2.22. The normalized spacial score (nSPS) is 9.67. The molecule has 0 saturated carbocycles. The molecule has 1 aromatic carbocycles. The molecular formula is C13H13BrO. The summed E-state index contributed by atoms with van der Waals surface area (Å²) >= 11 is 3.43. The van der Waals surface area contributed by atoms with Gasteiger partial charge < -0.3 is 0 Å². The van der Waals surface area contributed by atoms with Gasteiger partial charge in [0.2, 0.25) is 0 Å². The van der Waals surface area contributed by atoms with Gasteiger partial charge in [0.1, 0.15) is 0 Å². The van der Waals surface area contributed by atoms with Gasteiger partial charge in [-0.1, -0.05) is 18.2 Å². The lowest BCUT2D eigenvalue weighted by atomic mass is 10.0. The zero-order valence-electron chi connectivity index (χ0n) is 8.72. The lowest BCUT2D eigenvalue weighted by Gasteiger charge is -2.05. The van der Waals surface area contributed by atoms with Gasteiger partial charge in [-0.05, 0) is 34.8 Å². The topological polar surface area (TPSA) is 17.1 Å². The maximum absolute atomic E-state index is 11.8. The Morgan fingerprint density at radius 3 is 2.93 bits per heavy atom. The molecular weight excluding hydrogens is 252 g/mol. The summed E-state index contributed by atoms with van der Waals surface area (Å²) in [6.07, 6.45) is 7.08. The second-order valence-electron chi connectivity index (χ2n) is 3.42. The minimum absolute atomic E-state index is 0.154. The highest BCUT2D eigenvalue weighted by atomic mass is 79.9. The van der Waals surface area contributed by atoms with Crippen LogP contribution in [0.4, 0.5) is 0 Å². The first-order valence-electron chi connectivity index (χ1n) is 4.88. The fourth-order valence-corrected chi connectivity index (χ4v) is 1.83. The number of ketones is 1. The van der Waals surface area contributed by atoms with E-state index in [2.05, 4.69) is 21.9 Å². The molecule has 0 bridgehead atoms. The number of carbonyl (C=O) groups excluding carboxylic acids is 1. The molecule has 78 valence electrons. The lowest BCUT2D eigenvalue weighted by molar-refractivity contribution is 0.0980. The third kappa shape index (κ3) is 3.21. The van der Waals surface area contributed by atoms with Gasteiger partial charge in [-0.2, -0.15) is 0 Å². The Kier molecular flexibility index (Phi) is 4.58. The van der Waals surface area contributed by atoms with Crippen molar-refractivity contribution in [1.29, 1.82) is 0 Å². The summed E-state index contributed by atoms with van der Waals surface area (Å²) in [5.41, 5.74) is 1.84. The molecule has 1 rings (SSSR count). The smallest absolute Gasteiger partial charge is 0.164 e. The predicted octanol–water partition coefficient (Wildman–Crippen LogP) is 3.74. The number of carbonyl (C=O) groups is 1. The molecule has 0 saturated heterocycles. The molecule has 0 aromatic heterocycles. The first-order valence-corrected chi connectivity index (χ1v) is 5.68. The Morgan fingerprint density at radius 1 is 1.53 bits per heavy atom. The summed E-state index contributed by atoms with van der Waals surface area (Å²) in [7, 11) is 0. The van der Waals surface area contributed by atoms with Gasteiger partial charge in [0.15, 0.2) is 5.78 Å². The van der Waals surface area contributed by atoms with Crippen LogP contribution in [0.15, 0.2) is 22.7 Å². The Hall–Kier alpha value is -1.07. The molecule has 0 aliphatic carbocycles. The van der Waals surface area contributed by atoms with Crippen molar-refractivity contribution in [2.24, 2.45) is 0 Å². The van der Waals surface area contributed by atoms with Gasteiger partial charge in [0.25, 0.3) is 0 Å². The van der Waals surface area contributed by atoms with Crippen LogP contribution < -0.4 is 0 Å². The minimum atomic E-state index is 0.154. The number of aryl methyl sites for hydroxylation is 1. The Morgan fingerprint density at radius 2 is 2.27 bits per heavy atom. The van der Waals surface area contributed by atoms with Gasteiger partial charge >= 0.3 is 0 Å². The third-order valence-corrected chi connectivity index (χ3v) is 3.27. The molecule has 0 unspecified atom stereocenters. The van der Waals surface area contributed by atoms with E-state index in [0.29, 0.717) is 12.8 Å². The van der Waals surface area contributed by atoms with Gasteiger partial charge in [-0.15, -0.1) is 12.3 Å². The predicted molar refractivity (Wildman–Crippen MR) is 65.9 cm³/mol. The van der Waals surface area contributed by atoms with Crippen molar-refractivity contribution in [3.05, 3.63) is 33.8 Å². The molecule has 0 aliphatic rings. The molecule has 1 nitrogen and oxygen atoms in total. The van der Waals surface area contributed by atoms with Crippen molar-refractivity contribution in [1.82, 2.24) is 0 Å². The van der Waals surface area contributed by atoms with Crippen LogP contribution in [0.3, 0.4) is 0 Å². The van der Waals surface area contributed by atoms with Gasteiger partial charge in [-0.25, -0.2) is 0 Å². The van der Waals surface area contributed by atoms with Crippen molar-refractivity contribution in [3.63, 3.8) is 0 Å². The molecule has 2 heteroatoms. The number of rotatable bonds is 4. The molecule has 0 atom stereocenters. The van der Waals surface area contributed by atoms with Gasteiger partial charge in [-0.3, -0.25) is 4.79 Å². The van der Waals surface area contributed by atoms with Crippen LogP contribution in [0.2, 0.25) is 0 Å². The summed E-state index contributed by atoms with van der Waals surface area (Å²) < 4.78 is 0.899. The van der Waals surface area contributed by atoms with E-state index >= 15 is 0 Å². The standard InChI is InChI=1S/C13H13BrO/c1-3-4-5-9-12(15)11-8-6-7-10(2)13(11)14/h1,6-8H,4-5,9H2,2H3. The zero-order chi connectivity index (χ0) is 11.3. The molecule has 0 amide bonds. The van der Waals surface area contributed by atoms with E-state index in [1.54, 1.807) is 0 Å². The molecule has 0 radical (unpaired) electrons. The highest BCUT2D eigenvalue weighted by Gasteiger charge is 2.10. The second kappa shape index (κ2) is 5.72. The van der Waals surface area contributed by atoms with E-state index in [9.17, 15) is 4.79 Å². The molecule has 0 fully saturated rings. The van der Waals surface area contributed by atoms with E-state index in [-0.39, 0.29) is 5.78 Å². The quantitative estimate of drug-likeness (QED) is 0.460. The van der Waals surface area contributed by atoms with Crippen LogP contribution in [-0.2, 0) is 0 Å². The summed E-state index contributed by atoms with van der Waals surface area (Å²) in [6.45, 7) is 1.97. The van der Waals surface area contributed by atoms with E-state index in [0.717, 1.165) is 22.0 Å². The van der Waals surface area contributed by atoms with E-state index < -0.39 is 0 Å². The monoisotopic (exact) mass is 264 g/mol. The molecule has 0 aliphatic heterocycles. The number of benzene rings is 1. The average Bonchev–Trinajstić information content (AvgIpc) is 2.22. The van der Waals surface area contributed by atoms with Gasteiger partial charge in [0, 0.05) is 22.9 Å². The first kappa shape index (κ1) is 12.0. The van der Waals surface area contributed by atoms with Crippen LogP contribution in [0.25, 0.3) is 0 Å². The van der Waals surface area contributed by atoms with Crippen LogP contribution in [0.5, 0.6) is 0 Å². The summed E-state index contributed by atoms with van der Waals surface area (Å²) in [6, 6.07) is 5.71. The number of hydrogen-bond acceptors (Lipinski definition) is 1. The van der Waals surface area contributed by atoms with Crippen LogP contribution in [-0.4, -0.2) is 5.78 Å². The van der Waals surface area contributed by atoms with Crippen molar-refractivity contribution < 1.29 is 4.79 Å². The van der Waals surface area contributed by atoms with E-state index in [1.807, 2.05) is 25.1 Å². The fourth-order valence-electron chi connectivity index (χ4n) is 1.35. The highest BCUT2D eigenvalue weighted by molar-refractivity contribution is 9.10. The van der Waals surface area contributed by atoms with E-state index in [1.165, 1.54) is 0 Å². The van der Waals surface area contributed by atoms with Crippen LogP contribution in [0.1, 0.15) is 35.2 Å². The zero-order valence-corrected chi connectivity index (χ0v) is 10.3. The Labute approximate surface area is 99.0 Å². The molecule has 15 heavy (non-hydrogen) atoms. The molecule has 0 N–H and O–H groups in total. The number of Topliss-reactive ketones (excluding diaryl/α,β-unsaturated/α-hetero) is 1. The summed E-state index contributed by atoms with van der Waals surface area (Å²) in [5.74, 6) is 2.69. The molecule has 1 aromatic rings. The third-order valence-electron chi connectivity index (χ3n) is 2.22. The van der Waals surface area contributed by atoms with Gasteiger partial charge in [0.05, 0.1) is 0 Å². The SMILES string of the molecule is C#CCCCC(=O)c1cccc(C)c1Br. The Balaban J connectivity index is 2.75. The maximum Gasteiger partial charge on any atom is 0.164 e. The van der Waals surface area contributed by atoms with E-state index in [4.69, 9.17) is 6.42 Å². The number of terminal acetylenes is 1. The largest absolute Gasteiger partial charge is 0.294 e. The number of hydrogen-bond donors (Lipinski definition) is 0. The first-order chi connectivity index (χ1) is 7.16. The lowest BCUT2D eigenvalue weighted by Crippen LogP contribution is -2.00. The summed E-state index contributed by atoms with van der Waals surface area (Å²) in [5, 5.41) is 0. The van der Waals surface area contributed by atoms with Crippen molar-refractivity contribution in [3.8, 4) is 12.3 Å². The molecule has 0 heterocycles.